The summed E-state index contributed by atoms with van der Waals surface area (Å²) in [5.41, 5.74) is 3.45. The molecule has 7 heteroatoms. The molecule has 0 unspecified atom stereocenters. The fourth-order valence-electron chi connectivity index (χ4n) is 3.78. The van der Waals surface area contributed by atoms with Crippen molar-refractivity contribution in [3.05, 3.63) is 42.0 Å². The number of esters is 1. The maximum Gasteiger partial charge on any atom is 0.338 e. The number of anilines is 1. The SMILES string of the molecule is O=C(OC[C@@H]1CCCO1)c1cccc(N2NC(=O)[C@H]3CC=CC[C@@H]3C2=O)c1. The van der Waals surface area contributed by atoms with Crippen molar-refractivity contribution in [1.29, 1.82) is 0 Å². The zero-order chi connectivity index (χ0) is 18.8. The lowest BCUT2D eigenvalue weighted by Crippen LogP contribution is -2.59. The number of nitrogens with one attached hydrogen (secondary N) is 1. The Balaban J connectivity index is 1.48. The number of rotatable bonds is 4. The molecular weight excluding hydrogens is 348 g/mol. The minimum atomic E-state index is -0.471. The summed E-state index contributed by atoms with van der Waals surface area (Å²) in [6.07, 6.45) is 6.83. The number of ether oxygens (including phenoxy) is 2. The highest BCUT2D eigenvalue weighted by Gasteiger charge is 2.42. The summed E-state index contributed by atoms with van der Waals surface area (Å²) >= 11 is 0. The summed E-state index contributed by atoms with van der Waals surface area (Å²) < 4.78 is 10.8. The van der Waals surface area contributed by atoms with E-state index < -0.39 is 5.97 Å². The van der Waals surface area contributed by atoms with E-state index in [-0.39, 0.29) is 36.4 Å². The number of amides is 2. The molecule has 1 N–H and O–H groups in total. The van der Waals surface area contributed by atoms with E-state index in [1.165, 1.54) is 5.01 Å². The van der Waals surface area contributed by atoms with Gasteiger partial charge in [-0.15, -0.1) is 0 Å². The van der Waals surface area contributed by atoms with Crippen molar-refractivity contribution in [2.75, 3.05) is 18.2 Å². The molecule has 0 aromatic heterocycles. The molecule has 7 nitrogen and oxygen atoms in total. The molecule has 0 saturated carbocycles. The third-order valence-electron chi connectivity index (χ3n) is 5.29. The van der Waals surface area contributed by atoms with Gasteiger partial charge in [-0.2, -0.15) is 0 Å². The van der Waals surface area contributed by atoms with Gasteiger partial charge in [-0.1, -0.05) is 18.2 Å². The smallest absolute Gasteiger partial charge is 0.338 e. The predicted molar refractivity (Wildman–Crippen MR) is 96.7 cm³/mol. The molecule has 0 bridgehead atoms. The van der Waals surface area contributed by atoms with Crippen LogP contribution < -0.4 is 10.4 Å². The van der Waals surface area contributed by atoms with Gasteiger partial charge in [0, 0.05) is 6.61 Å². The highest BCUT2D eigenvalue weighted by molar-refractivity contribution is 6.04. The van der Waals surface area contributed by atoms with Crippen molar-refractivity contribution < 1.29 is 23.9 Å². The largest absolute Gasteiger partial charge is 0.459 e. The van der Waals surface area contributed by atoms with Crippen LogP contribution in [0.25, 0.3) is 0 Å². The normalized spacial score (nSPS) is 27.3. The third kappa shape index (κ3) is 3.60. The number of hydrogen-bond donors (Lipinski definition) is 1. The van der Waals surface area contributed by atoms with Crippen LogP contribution in [-0.2, 0) is 19.1 Å². The van der Waals surface area contributed by atoms with Gasteiger partial charge in [0.25, 0.3) is 0 Å². The summed E-state index contributed by atoms with van der Waals surface area (Å²) in [5.74, 6) is -1.48. The topological polar surface area (TPSA) is 84.9 Å². The van der Waals surface area contributed by atoms with Crippen LogP contribution in [0, 0.1) is 11.8 Å². The van der Waals surface area contributed by atoms with Gasteiger partial charge in [0.1, 0.15) is 6.61 Å². The summed E-state index contributed by atoms with van der Waals surface area (Å²) in [6.45, 7) is 0.921. The summed E-state index contributed by atoms with van der Waals surface area (Å²) in [5, 5.41) is 1.25. The lowest BCUT2D eigenvalue weighted by atomic mass is 9.80. The summed E-state index contributed by atoms with van der Waals surface area (Å²) in [6, 6.07) is 6.55. The molecule has 1 aromatic rings. The van der Waals surface area contributed by atoms with E-state index in [1.807, 2.05) is 12.2 Å². The van der Waals surface area contributed by atoms with E-state index in [0.29, 0.717) is 30.7 Å². The maximum atomic E-state index is 12.8. The molecule has 142 valence electrons. The van der Waals surface area contributed by atoms with Crippen molar-refractivity contribution in [1.82, 2.24) is 5.43 Å². The molecule has 2 heterocycles. The minimum absolute atomic E-state index is 0.0450. The number of fused-ring (bicyclic) bond motifs is 1. The molecule has 3 atom stereocenters. The predicted octanol–water partition coefficient (Wildman–Crippen LogP) is 1.98. The minimum Gasteiger partial charge on any atom is -0.459 e. The number of carbonyl (C=O) groups is 3. The van der Waals surface area contributed by atoms with Crippen molar-refractivity contribution in [2.45, 2.75) is 31.8 Å². The number of nitrogens with zero attached hydrogens (tertiary/aromatic N) is 1. The van der Waals surface area contributed by atoms with Gasteiger partial charge < -0.3 is 9.47 Å². The first-order chi connectivity index (χ1) is 13.1. The van der Waals surface area contributed by atoms with Crippen LogP contribution in [-0.4, -0.2) is 37.1 Å². The van der Waals surface area contributed by atoms with E-state index in [9.17, 15) is 14.4 Å². The van der Waals surface area contributed by atoms with E-state index in [0.717, 1.165) is 12.8 Å². The van der Waals surface area contributed by atoms with Crippen LogP contribution >= 0.6 is 0 Å². The van der Waals surface area contributed by atoms with Crippen molar-refractivity contribution >= 4 is 23.5 Å². The zero-order valence-corrected chi connectivity index (χ0v) is 14.9. The van der Waals surface area contributed by atoms with Crippen molar-refractivity contribution in [2.24, 2.45) is 11.8 Å². The zero-order valence-electron chi connectivity index (χ0n) is 14.9. The second kappa shape index (κ2) is 7.52. The molecule has 1 aromatic carbocycles. The molecule has 0 spiro atoms. The molecule has 2 aliphatic heterocycles. The van der Waals surface area contributed by atoms with Gasteiger partial charge in [0.2, 0.25) is 11.8 Å². The number of carbonyl (C=O) groups excluding carboxylic acids is 3. The van der Waals surface area contributed by atoms with Gasteiger partial charge in [0.15, 0.2) is 0 Å². The molecule has 2 saturated heterocycles. The molecular formula is C20H22N2O5. The first-order valence-corrected chi connectivity index (χ1v) is 9.32. The Morgan fingerprint density at radius 2 is 2.04 bits per heavy atom. The Hall–Kier alpha value is -2.67. The van der Waals surface area contributed by atoms with Crippen LogP contribution in [0.5, 0.6) is 0 Å². The standard InChI is InChI=1S/C20H22N2O5/c23-18-16-8-1-2-9-17(16)19(24)22(21-18)14-6-3-5-13(11-14)20(25)27-12-15-7-4-10-26-15/h1-3,5-6,11,15-17H,4,7-10,12H2,(H,21,23)/t15-,16-,17-/m0/s1. The average molecular weight is 370 g/mol. The van der Waals surface area contributed by atoms with E-state index in [1.54, 1.807) is 24.3 Å². The Morgan fingerprint density at radius 1 is 1.22 bits per heavy atom. The van der Waals surface area contributed by atoms with Gasteiger partial charge in [-0.05, 0) is 43.9 Å². The van der Waals surface area contributed by atoms with Crippen LogP contribution in [0.3, 0.4) is 0 Å². The number of allylic oxidation sites excluding steroid dienone is 2. The third-order valence-corrected chi connectivity index (χ3v) is 5.29. The summed E-state index contributed by atoms with van der Waals surface area (Å²) in [4.78, 5) is 37.5. The Bertz CT molecular complexity index is 784. The Morgan fingerprint density at radius 3 is 2.81 bits per heavy atom. The monoisotopic (exact) mass is 370 g/mol. The summed E-state index contributed by atoms with van der Waals surface area (Å²) in [7, 11) is 0. The van der Waals surface area contributed by atoms with Crippen LogP contribution in [0.4, 0.5) is 5.69 Å². The van der Waals surface area contributed by atoms with Gasteiger partial charge >= 0.3 is 5.97 Å². The van der Waals surface area contributed by atoms with Crippen molar-refractivity contribution in [3.8, 4) is 0 Å². The lowest BCUT2D eigenvalue weighted by Gasteiger charge is -2.38. The van der Waals surface area contributed by atoms with Gasteiger partial charge in [-0.25, -0.2) is 9.80 Å². The lowest BCUT2D eigenvalue weighted by molar-refractivity contribution is -0.139. The Labute approximate surface area is 157 Å². The second-order valence-electron chi connectivity index (χ2n) is 7.09. The van der Waals surface area contributed by atoms with Crippen molar-refractivity contribution in [3.63, 3.8) is 0 Å². The van der Waals surface area contributed by atoms with Gasteiger partial charge in [0.05, 0.1) is 29.2 Å². The first-order valence-electron chi connectivity index (χ1n) is 9.32. The van der Waals surface area contributed by atoms with E-state index in [2.05, 4.69) is 5.43 Å². The highest BCUT2D eigenvalue weighted by atomic mass is 16.6. The van der Waals surface area contributed by atoms with Crippen LogP contribution in [0.2, 0.25) is 0 Å². The first kappa shape index (κ1) is 17.7. The van der Waals surface area contributed by atoms with Crippen LogP contribution in [0.15, 0.2) is 36.4 Å². The maximum absolute atomic E-state index is 12.8. The molecule has 2 amide bonds. The number of benzene rings is 1. The molecule has 27 heavy (non-hydrogen) atoms. The fourth-order valence-corrected chi connectivity index (χ4v) is 3.78. The number of hydrogen-bond acceptors (Lipinski definition) is 5. The second-order valence-corrected chi connectivity index (χ2v) is 7.09. The Kier molecular flexibility index (Phi) is 4.94. The van der Waals surface area contributed by atoms with Gasteiger partial charge in [-0.3, -0.25) is 15.0 Å². The number of hydrazine groups is 1. The molecule has 4 rings (SSSR count). The molecule has 0 radical (unpaired) electrons. The molecule has 1 aliphatic carbocycles. The fraction of sp³-hybridized carbons (Fsp3) is 0.450. The average Bonchev–Trinajstić information content (AvgIpc) is 3.23. The molecule has 2 fully saturated rings. The van der Waals surface area contributed by atoms with E-state index in [4.69, 9.17) is 9.47 Å². The highest BCUT2D eigenvalue weighted by Crippen LogP contribution is 2.32. The quantitative estimate of drug-likeness (QED) is 0.647. The van der Waals surface area contributed by atoms with E-state index >= 15 is 0 Å². The van der Waals surface area contributed by atoms with Crippen LogP contribution in [0.1, 0.15) is 36.0 Å². The molecule has 3 aliphatic rings.